The predicted molar refractivity (Wildman–Crippen MR) is 107 cm³/mol. The maximum Gasteiger partial charge on any atom is 0.191 e. The summed E-state index contributed by atoms with van der Waals surface area (Å²) in [6.45, 7) is 7.36. The number of ether oxygens (including phenoxy) is 1. The Morgan fingerprint density at radius 3 is 2.88 bits per heavy atom. The maximum atomic E-state index is 6.01. The number of benzene rings is 1. The zero-order valence-electron chi connectivity index (χ0n) is 16.2. The first-order valence-corrected chi connectivity index (χ1v) is 9.35. The molecule has 0 atom stereocenters. The van der Waals surface area contributed by atoms with Crippen LogP contribution in [0.2, 0.25) is 0 Å². The van der Waals surface area contributed by atoms with Crippen LogP contribution in [-0.4, -0.2) is 35.7 Å². The average molecular weight is 358 g/mol. The number of nitrogens with one attached hydrogen (secondary N) is 2. The van der Waals surface area contributed by atoms with Crippen LogP contribution >= 0.6 is 0 Å². The van der Waals surface area contributed by atoms with E-state index in [-0.39, 0.29) is 0 Å². The zero-order chi connectivity index (χ0) is 18.6. The summed E-state index contributed by atoms with van der Waals surface area (Å²) in [5.74, 6) is 1.74. The van der Waals surface area contributed by atoms with Crippen LogP contribution in [0.4, 0.5) is 0 Å². The molecule has 142 valence electrons. The van der Waals surface area contributed by atoms with E-state index in [9.17, 15) is 0 Å². The normalized spacial score (nSPS) is 11.4. The number of aliphatic imine (C=N–C) groups is 1. The van der Waals surface area contributed by atoms with Gasteiger partial charge in [0.25, 0.3) is 0 Å². The molecule has 0 spiro atoms. The number of imidazole rings is 1. The van der Waals surface area contributed by atoms with Gasteiger partial charge in [0.1, 0.15) is 5.75 Å². The largest absolute Gasteiger partial charge is 0.493 e. The second-order valence-electron chi connectivity index (χ2n) is 6.32. The molecule has 0 amide bonds. The van der Waals surface area contributed by atoms with Crippen molar-refractivity contribution in [3.05, 3.63) is 48.0 Å². The second-order valence-corrected chi connectivity index (χ2v) is 6.32. The number of aromatic nitrogens is 2. The minimum atomic E-state index is 0.675. The van der Waals surface area contributed by atoms with E-state index in [4.69, 9.17) is 4.74 Å². The Bertz CT molecular complexity index is 667. The summed E-state index contributed by atoms with van der Waals surface area (Å²) in [4.78, 5) is 8.33. The quantitative estimate of drug-likeness (QED) is 0.390. The van der Waals surface area contributed by atoms with E-state index in [1.54, 1.807) is 13.2 Å². The molecule has 0 bridgehead atoms. The molecule has 0 saturated heterocycles. The predicted octanol–water partition coefficient (Wildman–Crippen LogP) is 3.13. The molecule has 2 aromatic rings. The smallest absolute Gasteiger partial charge is 0.191 e. The molecule has 0 aliphatic heterocycles. The third-order valence-electron chi connectivity index (χ3n) is 4.12. The Kier molecular flexibility index (Phi) is 8.52. The molecule has 2 N–H and O–H groups in total. The summed E-state index contributed by atoms with van der Waals surface area (Å²) in [6.07, 6.45) is 9.04. The Morgan fingerprint density at radius 2 is 2.15 bits per heavy atom. The van der Waals surface area contributed by atoms with Gasteiger partial charge >= 0.3 is 0 Å². The van der Waals surface area contributed by atoms with Crippen LogP contribution in [0.3, 0.4) is 0 Å². The molecule has 1 aromatic carbocycles. The monoisotopic (exact) mass is 357 g/mol. The molecule has 0 fully saturated rings. The number of rotatable bonds is 10. The van der Waals surface area contributed by atoms with Gasteiger partial charge in [-0.15, -0.1) is 0 Å². The van der Waals surface area contributed by atoms with Gasteiger partial charge in [-0.3, -0.25) is 4.99 Å². The molecule has 0 aliphatic rings. The van der Waals surface area contributed by atoms with Gasteiger partial charge in [0.15, 0.2) is 5.96 Å². The van der Waals surface area contributed by atoms with Gasteiger partial charge < -0.3 is 19.9 Å². The van der Waals surface area contributed by atoms with E-state index < -0.39 is 0 Å². The molecule has 2 rings (SSSR count). The lowest BCUT2D eigenvalue weighted by Gasteiger charge is -2.15. The number of aryl methyl sites for hydroxylation is 1. The fourth-order valence-corrected chi connectivity index (χ4v) is 2.60. The van der Waals surface area contributed by atoms with Crippen molar-refractivity contribution in [3.63, 3.8) is 0 Å². The van der Waals surface area contributed by atoms with E-state index in [2.05, 4.69) is 52.7 Å². The van der Waals surface area contributed by atoms with Crippen LogP contribution in [0.5, 0.6) is 5.75 Å². The van der Waals surface area contributed by atoms with Gasteiger partial charge in [-0.1, -0.05) is 31.9 Å². The number of unbranched alkanes of at least 4 members (excludes halogenated alkanes) is 2. The molecule has 1 heterocycles. The lowest BCUT2D eigenvalue weighted by molar-refractivity contribution is 0.303. The van der Waals surface area contributed by atoms with Crippen LogP contribution in [0, 0.1) is 6.92 Å². The van der Waals surface area contributed by atoms with Crippen molar-refractivity contribution in [3.8, 4) is 5.75 Å². The lowest BCUT2D eigenvalue weighted by atomic mass is 10.1. The zero-order valence-corrected chi connectivity index (χ0v) is 16.2. The van der Waals surface area contributed by atoms with Crippen LogP contribution in [0.15, 0.2) is 41.9 Å². The van der Waals surface area contributed by atoms with Crippen LogP contribution in [0.25, 0.3) is 0 Å². The molecular weight excluding hydrogens is 326 g/mol. The Morgan fingerprint density at radius 1 is 1.27 bits per heavy atom. The first kappa shape index (κ1) is 19.8. The Labute approximate surface area is 156 Å². The highest BCUT2D eigenvalue weighted by molar-refractivity contribution is 5.79. The minimum absolute atomic E-state index is 0.675. The molecule has 6 nitrogen and oxygen atoms in total. The van der Waals surface area contributed by atoms with E-state index in [1.807, 2.05) is 17.1 Å². The van der Waals surface area contributed by atoms with Gasteiger partial charge in [0, 0.05) is 44.6 Å². The fraction of sp³-hybridized carbons (Fsp3) is 0.500. The highest BCUT2D eigenvalue weighted by atomic mass is 16.5. The maximum absolute atomic E-state index is 6.01. The van der Waals surface area contributed by atoms with Crippen molar-refractivity contribution in [1.82, 2.24) is 20.2 Å². The number of guanidine groups is 1. The number of hydrogen-bond donors (Lipinski definition) is 2. The molecule has 0 saturated carbocycles. The second kappa shape index (κ2) is 11.2. The van der Waals surface area contributed by atoms with Gasteiger partial charge in [-0.05, 0) is 25.0 Å². The summed E-state index contributed by atoms with van der Waals surface area (Å²) < 4.78 is 8.04. The molecule has 0 aliphatic carbocycles. The van der Waals surface area contributed by atoms with Gasteiger partial charge in [0.2, 0.25) is 0 Å². The van der Waals surface area contributed by atoms with E-state index >= 15 is 0 Å². The van der Waals surface area contributed by atoms with Gasteiger partial charge in [-0.25, -0.2) is 4.98 Å². The SMILES string of the molecule is CCCCCOc1cc(C)ccc1CNC(=NC)NCCn1ccnc1. The standard InChI is InChI=1S/C20H31N5O/c1-4-5-6-13-26-19-14-17(2)7-8-18(19)15-24-20(21-3)23-10-12-25-11-9-22-16-25/h7-9,11,14,16H,4-6,10,12-13,15H2,1-3H3,(H2,21,23,24). The first-order chi connectivity index (χ1) is 12.7. The van der Waals surface area contributed by atoms with Crippen molar-refractivity contribution < 1.29 is 4.74 Å². The summed E-state index contributed by atoms with van der Waals surface area (Å²) in [5.41, 5.74) is 2.35. The molecule has 0 unspecified atom stereocenters. The Hall–Kier alpha value is -2.50. The van der Waals surface area contributed by atoms with E-state index in [1.165, 1.54) is 18.4 Å². The summed E-state index contributed by atoms with van der Waals surface area (Å²) in [7, 11) is 1.78. The molecule has 26 heavy (non-hydrogen) atoms. The van der Waals surface area contributed by atoms with Crippen molar-refractivity contribution in [2.45, 2.75) is 46.2 Å². The van der Waals surface area contributed by atoms with Crippen molar-refractivity contribution in [1.29, 1.82) is 0 Å². The summed E-state index contributed by atoms with van der Waals surface area (Å²) in [6, 6.07) is 6.35. The van der Waals surface area contributed by atoms with Crippen molar-refractivity contribution in [2.75, 3.05) is 20.2 Å². The van der Waals surface area contributed by atoms with E-state index in [0.717, 1.165) is 43.4 Å². The molecule has 1 aromatic heterocycles. The average Bonchev–Trinajstić information content (AvgIpc) is 3.16. The van der Waals surface area contributed by atoms with Gasteiger partial charge in [0.05, 0.1) is 12.9 Å². The first-order valence-electron chi connectivity index (χ1n) is 9.35. The van der Waals surface area contributed by atoms with Crippen molar-refractivity contribution in [2.24, 2.45) is 4.99 Å². The highest BCUT2D eigenvalue weighted by Gasteiger charge is 2.06. The van der Waals surface area contributed by atoms with Crippen LogP contribution in [0.1, 0.15) is 37.3 Å². The van der Waals surface area contributed by atoms with Crippen molar-refractivity contribution >= 4 is 5.96 Å². The summed E-state index contributed by atoms with van der Waals surface area (Å²) in [5, 5.41) is 6.68. The molecule has 6 heteroatoms. The van der Waals surface area contributed by atoms with Crippen LogP contribution in [-0.2, 0) is 13.1 Å². The summed E-state index contributed by atoms with van der Waals surface area (Å²) >= 11 is 0. The molecular formula is C20H31N5O. The molecule has 0 radical (unpaired) electrons. The lowest BCUT2D eigenvalue weighted by Crippen LogP contribution is -2.38. The third-order valence-corrected chi connectivity index (χ3v) is 4.12. The highest BCUT2D eigenvalue weighted by Crippen LogP contribution is 2.20. The van der Waals surface area contributed by atoms with E-state index in [0.29, 0.717) is 6.54 Å². The van der Waals surface area contributed by atoms with Crippen LogP contribution < -0.4 is 15.4 Å². The topological polar surface area (TPSA) is 63.5 Å². The third kappa shape index (κ3) is 6.78. The Balaban J connectivity index is 1.83. The minimum Gasteiger partial charge on any atom is -0.493 e. The van der Waals surface area contributed by atoms with Gasteiger partial charge in [-0.2, -0.15) is 0 Å². The fourth-order valence-electron chi connectivity index (χ4n) is 2.60. The number of nitrogens with zero attached hydrogens (tertiary/aromatic N) is 3. The number of hydrogen-bond acceptors (Lipinski definition) is 3.